The summed E-state index contributed by atoms with van der Waals surface area (Å²) in [7, 11) is 0. The first-order chi connectivity index (χ1) is 21.7. The fourth-order valence-corrected chi connectivity index (χ4v) is 5.14. The fraction of sp³-hybridized carbons (Fsp3) is 0.853. The van der Waals surface area contributed by atoms with Crippen LogP contribution in [0.25, 0.3) is 0 Å². The molecular formula is C34H59NO10. The van der Waals surface area contributed by atoms with Crippen molar-refractivity contribution in [1.82, 2.24) is 4.90 Å². The summed E-state index contributed by atoms with van der Waals surface area (Å²) in [4.78, 5) is 63.0. The normalized spacial score (nSPS) is 16.3. The largest absolute Gasteiger partial charge is 0.466 e. The highest BCUT2D eigenvalue weighted by molar-refractivity contribution is 5.74. The van der Waals surface area contributed by atoms with Crippen molar-refractivity contribution in [2.75, 3.05) is 33.0 Å². The van der Waals surface area contributed by atoms with Gasteiger partial charge in [0.15, 0.2) is 0 Å². The van der Waals surface area contributed by atoms with Gasteiger partial charge in [0.05, 0.1) is 44.7 Å². The summed E-state index contributed by atoms with van der Waals surface area (Å²) in [5.41, 5.74) is 0. The number of rotatable bonds is 26. The van der Waals surface area contributed by atoms with E-state index in [0.29, 0.717) is 25.9 Å². The molecule has 1 saturated heterocycles. The van der Waals surface area contributed by atoms with Crippen LogP contribution in [-0.2, 0) is 42.9 Å². The van der Waals surface area contributed by atoms with Crippen LogP contribution in [0.5, 0.6) is 0 Å². The lowest BCUT2D eigenvalue weighted by Crippen LogP contribution is -2.62. The highest BCUT2D eigenvalue weighted by Crippen LogP contribution is 2.28. The third kappa shape index (κ3) is 19.3. The van der Waals surface area contributed by atoms with Crippen molar-refractivity contribution in [3.63, 3.8) is 0 Å². The number of nitrogens with zero attached hydrogens (tertiary/aromatic N) is 1. The molecule has 1 rings (SSSR count). The highest BCUT2D eigenvalue weighted by Gasteiger charge is 2.44. The van der Waals surface area contributed by atoms with E-state index in [4.69, 9.17) is 23.7 Å². The van der Waals surface area contributed by atoms with Crippen molar-refractivity contribution >= 4 is 30.0 Å². The van der Waals surface area contributed by atoms with Crippen LogP contribution in [-0.4, -0.2) is 80.0 Å². The molecule has 1 heterocycles. The van der Waals surface area contributed by atoms with E-state index in [1.165, 1.54) is 37.5 Å². The van der Waals surface area contributed by atoms with Gasteiger partial charge in [-0.1, -0.05) is 85.0 Å². The van der Waals surface area contributed by atoms with Crippen molar-refractivity contribution in [2.24, 2.45) is 5.92 Å². The van der Waals surface area contributed by atoms with Crippen molar-refractivity contribution < 1.29 is 47.7 Å². The van der Waals surface area contributed by atoms with E-state index >= 15 is 0 Å². The molecular weight excluding hydrogens is 582 g/mol. The quantitative estimate of drug-likeness (QED) is 0.0572. The van der Waals surface area contributed by atoms with E-state index in [2.05, 4.69) is 13.8 Å². The van der Waals surface area contributed by atoms with Gasteiger partial charge in [-0.25, -0.2) is 4.79 Å². The Labute approximate surface area is 270 Å². The van der Waals surface area contributed by atoms with Gasteiger partial charge >= 0.3 is 30.0 Å². The van der Waals surface area contributed by atoms with Crippen molar-refractivity contribution in [3.8, 4) is 0 Å². The number of ether oxygens (including phenoxy) is 5. The molecule has 0 spiro atoms. The number of hydrogen-bond donors (Lipinski definition) is 0. The Hall–Kier alpha value is -2.85. The average Bonchev–Trinajstić information content (AvgIpc) is 2.99. The van der Waals surface area contributed by atoms with Gasteiger partial charge < -0.3 is 23.7 Å². The molecule has 11 heteroatoms. The van der Waals surface area contributed by atoms with Gasteiger partial charge in [0.2, 0.25) is 0 Å². The number of likely N-dealkylation sites (tertiary alicyclic amines) is 1. The summed E-state index contributed by atoms with van der Waals surface area (Å²) in [6.07, 6.45) is 13.4. The minimum absolute atomic E-state index is 0.0358. The third-order valence-electron chi connectivity index (χ3n) is 7.77. The summed E-state index contributed by atoms with van der Waals surface area (Å²) >= 11 is 0. The number of carbonyl (C=O) groups is 5. The van der Waals surface area contributed by atoms with Crippen molar-refractivity contribution in [3.05, 3.63) is 0 Å². The Kier molecular flexibility index (Phi) is 22.6. The summed E-state index contributed by atoms with van der Waals surface area (Å²) < 4.78 is 26.7. The van der Waals surface area contributed by atoms with Gasteiger partial charge in [0.25, 0.3) is 0 Å². The second kappa shape index (κ2) is 25.4. The number of unbranched alkanes of at least 4 members (excludes halogenated alkanes) is 10. The molecule has 0 aromatic carbocycles. The molecule has 3 unspecified atom stereocenters. The maximum absolute atomic E-state index is 12.8. The van der Waals surface area contributed by atoms with E-state index in [0.717, 1.165) is 51.4 Å². The fourth-order valence-electron chi connectivity index (χ4n) is 5.14. The molecule has 45 heavy (non-hydrogen) atoms. The first-order valence-corrected chi connectivity index (χ1v) is 17.3. The zero-order chi connectivity index (χ0) is 33.3. The van der Waals surface area contributed by atoms with E-state index in [1.807, 2.05) is 6.92 Å². The molecule has 11 nitrogen and oxygen atoms in total. The molecule has 0 aromatic heterocycles. The molecule has 1 fully saturated rings. The summed E-state index contributed by atoms with van der Waals surface area (Å²) in [6, 6.07) is -0.781. The SMILES string of the molecule is CCCCCCCCOC(=O)CC(COC(=O)CCCCCCCC)CC(=O)OCC1CC(COC(C)=O)N1C(=O)OCCC. The standard InChI is InChI=1S/C34H59NO10/c1-5-8-10-12-14-16-18-31(37)44-24-28(21-32(38)41-20-17-15-13-11-9-6-2)22-33(39)45-26-30-23-29(25-43-27(4)36)35(30)34(40)42-19-7-3/h28-30H,5-26H2,1-4H3. The highest BCUT2D eigenvalue weighted by atomic mass is 16.6. The van der Waals surface area contributed by atoms with E-state index < -0.39 is 36.0 Å². The molecule has 0 saturated carbocycles. The second-order valence-electron chi connectivity index (χ2n) is 12.0. The number of amides is 1. The lowest BCUT2D eigenvalue weighted by Gasteiger charge is -2.46. The molecule has 0 bridgehead atoms. The maximum Gasteiger partial charge on any atom is 0.410 e. The Morgan fingerprint density at radius 2 is 1.16 bits per heavy atom. The molecule has 1 aliphatic heterocycles. The molecule has 260 valence electrons. The zero-order valence-electron chi connectivity index (χ0n) is 28.3. The minimum atomic E-state index is -0.591. The monoisotopic (exact) mass is 641 g/mol. The van der Waals surface area contributed by atoms with Crippen LogP contribution >= 0.6 is 0 Å². The first-order valence-electron chi connectivity index (χ1n) is 17.3. The number of esters is 4. The molecule has 0 N–H and O–H groups in total. The molecule has 1 amide bonds. The van der Waals surface area contributed by atoms with Gasteiger partial charge in [0.1, 0.15) is 13.2 Å². The van der Waals surface area contributed by atoms with Crippen LogP contribution in [0.15, 0.2) is 0 Å². The smallest absolute Gasteiger partial charge is 0.410 e. The van der Waals surface area contributed by atoms with Crippen LogP contribution in [0.2, 0.25) is 0 Å². The van der Waals surface area contributed by atoms with Crippen molar-refractivity contribution in [1.29, 1.82) is 0 Å². The summed E-state index contributed by atoms with van der Waals surface area (Å²) in [5, 5.41) is 0. The van der Waals surface area contributed by atoms with Gasteiger partial charge in [-0.3, -0.25) is 24.1 Å². The van der Waals surface area contributed by atoms with Crippen LogP contribution in [0.3, 0.4) is 0 Å². The van der Waals surface area contributed by atoms with Gasteiger partial charge in [-0.2, -0.15) is 0 Å². The summed E-state index contributed by atoms with van der Waals surface area (Å²) in [5.74, 6) is -2.40. The van der Waals surface area contributed by atoms with Crippen LogP contribution < -0.4 is 0 Å². The maximum atomic E-state index is 12.8. The molecule has 3 atom stereocenters. The predicted octanol–water partition coefficient (Wildman–Crippen LogP) is 6.68. The lowest BCUT2D eigenvalue weighted by molar-refractivity contribution is -0.156. The van der Waals surface area contributed by atoms with E-state index in [1.54, 1.807) is 0 Å². The van der Waals surface area contributed by atoms with E-state index in [-0.39, 0.29) is 51.3 Å². The van der Waals surface area contributed by atoms with Gasteiger partial charge in [-0.05, 0) is 25.7 Å². The zero-order valence-corrected chi connectivity index (χ0v) is 28.3. The second-order valence-corrected chi connectivity index (χ2v) is 12.0. The number of hydrogen-bond acceptors (Lipinski definition) is 10. The first kappa shape index (κ1) is 40.2. The number of carbonyl (C=O) groups excluding carboxylic acids is 5. The molecule has 0 aromatic rings. The Morgan fingerprint density at radius 1 is 0.600 bits per heavy atom. The Morgan fingerprint density at radius 3 is 1.76 bits per heavy atom. The molecule has 0 aliphatic carbocycles. The Bertz CT molecular complexity index is 864. The predicted molar refractivity (Wildman–Crippen MR) is 169 cm³/mol. The topological polar surface area (TPSA) is 135 Å². The van der Waals surface area contributed by atoms with E-state index in [9.17, 15) is 24.0 Å². The Balaban J connectivity index is 2.63. The van der Waals surface area contributed by atoms with Crippen LogP contribution in [0, 0.1) is 5.92 Å². The average molecular weight is 642 g/mol. The third-order valence-corrected chi connectivity index (χ3v) is 7.77. The van der Waals surface area contributed by atoms with Gasteiger partial charge in [0, 0.05) is 19.3 Å². The van der Waals surface area contributed by atoms with Crippen LogP contribution in [0.1, 0.15) is 137 Å². The molecule has 0 radical (unpaired) electrons. The van der Waals surface area contributed by atoms with Gasteiger partial charge in [-0.15, -0.1) is 0 Å². The van der Waals surface area contributed by atoms with Crippen molar-refractivity contribution in [2.45, 2.75) is 149 Å². The summed E-state index contributed by atoms with van der Waals surface area (Å²) in [6.45, 7) is 7.95. The molecule has 1 aliphatic rings. The minimum Gasteiger partial charge on any atom is -0.466 e. The lowest BCUT2D eigenvalue weighted by atomic mass is 9.94. The van der Waals surface area contributed by atoms with Crippen LogP contribution in [0.4, 0.5) is 4.79 Å².